The van der Waals surface area contributed by atoms with Crippen LogP contribution in [0.15, 0.2) is 62.7 Å². The highest BCUT2D eigenvalue weighted by Crippen LogP contribution is 2.31. The minimum atomic E-state index is -0.782. The molecule has 28 heavy (non-hydrogen) atoms. The number of nitrogens with zero attached hydrogens (tertiary/aromatic N) is 4. The van der Waals surface area contributed by atoms with Gasteiger partial charge in [0.05, 0.1) is 28.8 Å². The van der Waals surface area contributed by atoms with Gasteiger partial charge < -0.3 is 8.83 Å². The molecule has 4 rings (SSSR count). The van der Waals surface area contributed by atoms with Crippen LogP contribution in [0.2, 0.25) is 0 Å². The van der Waals surface area contributed by atoms with Gasteiger partial charge in [0.2, 0.25) is 10.9 Å². The average Bonchev–Trinajstić information content (AvgIpc) is 3.41. The number of anilines is 1. The Bertz CT molecular complexity index is 1200. The van der Waals surface area contributed by atoms with E-state index in [2.05, 4.69) is 10.1 Å². The average molecular weight is 400 g/mol. The van der Waals surface area contributed by atoms with E-state index < -0.39 is 22.5 Å². The summed E-state index contributed by atoms with van der Waals surface area (Å²) in [6.07, 6.45) is 2.71. The topological polar surface area (TPSA) is 115 Å². The van der Waals surface area contributed by atoms with Crippen molar-refractivity contribution in [2.75, 3.05) is 5.01 Å². The van der Waals surface area contributed by atoms with Crippen molar-refractivity contribution < 1.29 is 22.9 Å². The summed E-state index contributed by atoms with van der Waals surface area (Å²) in [6, 6.07) is 9.51. The van der Waals surface area contributed by atoms with Gasteiger partial charge in [-0.2, -0.15) is 10.1 Å². The quantitative estimate of drug-likeness (QED) is 0.282. The normalized spacial score (nSPS) is 11.3. The lowest BCUT2D eigenvalue weighted by Crippen LogP contribution is -2.25. The second-order valence-corrected chi connectivity index (χ2v) is 6.39. The number of hydrazone groups is 1. The molecule has 0 saturated carbocycles. The van der Waals surface area contributed by atoms with Crippen LogP contribution in [0.3, 0.4) is 0 Å². The molecule has 0 spiro atoms. The van der Waals surface area contributed by atoms with Crippen molar-refractivity contribution in [2.24, 2.45) is 5.10 Å². The molecule has 140 valence electrons. The molecule has 0 aliphatic rings. The van der Waals surface area contributed by atoms with Gasteiger partial charge in [-0.1, -0.05) is 11.3 Å². The largest absolute Gasteiger partial charge is 0.463 e. The molecule has 11 heteroatoms. The third-order valence-corrected chi connectivity index (χ3v) is 4.53. The number of rotatable bonds is 5. The summed E-state index contributed by atoms with van der Waals surface area (Å²) in [5.74, 6) is -1.73. The minimum Gasteiger partial charge on any atom is -0.463 e. The lowest BCUT2D eigenvalue weighted by atomic mass is 10.3. The molecule has 0 unspecified atom stereocenters. The van der Waals surface area contributed by atoms with Crippen molar-refractivity contribution in [1.82, 2.24) is 4.98 Å². The van der Waals surface area contributed by atoms with Crippen molar-refractivity contribution in [2.45, 2.75) is 0 Å². The molecule has 1 aromatic carbocycles. The van der Waals surface area contributed by atoms with Gasteiger partial charge in [0.25, 0.3) is 0 Å². The van der Waals surface area contributed by atoms with Crippen LogP contribution in [0, 0.1) is 15.9 Å². The Balaban J connectivity index is 1.75. The number of hydrogen-bond donors (Lipinski definition) is 0. The lowest BCUT2D eigenvalue weighted by molar-refractivity contribution is -0.402. The maximum absolute atomic E-state index is 13.5. The van der Waals surface area contributed by atoms with Crippen LogP contribution in [0.5, 0.6) is 0 Å². The van der Waals surface area contributed by atoms with Gasteiger partial charge in [0, 0.05) is 0 Å². The number of carbonyl (C=O) groups excluding carboxylic acids is 1. The third-order valence-electron chi connectivity index (χ3n) is 3.54. The summed E-state index contributed by atoms with van der Waals surface area (Å²) >= 11 is 1.03. The van der Waals surface area contributed by atoms with Gasteiger partial charge in [-0.3, -0.25) is 14.9 Å². The number of nitro groups is 1. The first kappa shape index (κ1) is 17.5. The van der Waals surface area contributed by atoms with E-state index in [9.17, 15) is 19.3 Å². The second-order valence-electron chi connectivity index (χ2n) is 5.38. The van der Waals surface area contributed by atoms with Crippen LogP contribution in [0.1, 0.15) is 16.3 Å². The van der Waals surface area contributed by atoms with Crippen molar-refractivity contribution in [3.63, 3.8) is 0 Å². The van der Waals surface area contributed by atoms with Crippen LogP contribution in [0.4, 0.5) is 15.4 Å². The summed E-state index contributed by atoms with van der Waals surface area (Å²) in [7, 11) is 0. The Morgan fingerprint density at radius 1 is 1.32 bits per heavy atom. The fraction of sp³-hybridized carbons (Fsp3) is 0. The Labute approximate surface area is 159 Å². The number of furan rings is 2. The number of fused-ring (bicyclic) bond motifs is 1. The molecule has 0 saturated heterocycles. The zero-order chi connectivity index (χ0) is 19.7. The lowest BCUT2D eigenvalue weighted by Gasteiger charge is -2.11. The fourth-order valence-corrected chi connectivity index (χ4v) is 3.24. The van der Waals surface area contributed by atoms with Gasteiger partial charge in [-0.15, -0.1) is 0 Å². The molecule has 9 nitrogen and oxygen atoms in total. The van der Waals surface area contributed by atoms with Crippen LogP contribution in [-0.4, -0.2) is 22.0 Å². The molecular weight excluding hydrogens is 391 g/mol. The van der Waals surface area contributed by atoms with Gasteiger partial charge in [-0.05, 0) is 36.4 Å². The van der Waals surface area contributed by atoms with E-state index in [0.717, 1.165) is 22.4 Å². The van der Waals surface area contributed by atoms with Crippen LogP contribution in [0.25, 0.3) is 10.2 Å². The Kier molecular flexibility index (Phi) is 4.41. The first-order chi connectivity index (χ1) is 13.5. The Morgan fingerprint density at radius 2 is 2.18 bits per heavy atom. The summed E-state index contributed by atoms with van der Waals surface area (Å²) in [5.41, 5.74) is 0.470. The highest BCUT2D eigenvalue weighted by molar-refractivity contribution is 7.22. The van der Waals surface area contributed by atoms with E-state index in [4.69, 9.17) is 8.83 Å². The monoisotopic (exact) mass is 400 g/mol. The maximum Gasteiger partial charge on any atom is 0.433 e. The molecule has 0 atom stereocenters. The third kappa shape index (κ3) is 3.38. The van der Waals surface area contributed by atoms with E-state index in [-0.39, 0.29) is 10.9 Å². The van der Waals surface area contributed by atoms with E-state index in [1.807, 2.05) is 0 Å². The molecule has 0 bridgehead atoms. The number of thiazole rings is 1. The molecule has 0 radical (unpaired) electrons. The molecule has 0 aliphatic carbocycles. The number of halogens is 1. The Morgan fingerprint density at radius 3 is 2.89 bits per heavy atom. The molecule has 0 aliphatic heterocycles. The highest BCUT2D eigenvalue weighted by atomic mass is 32.1. The molecule has 3 heterocycles. The summed E-state index contributed by atoms with van der Waals surface area (Å²) < 4.78 is 24.1. The Hall–Kier alpha value is -3.86. The number of benzene rings is 1. The molecule has 1 amide bonds. The standard InChI is InChI=1S/C17H9FN4O5S/c18-10-3-4-12-14(8-10)28-17(20-12)21(19-9-11-2-1-7-26-11)16(23)13-5-6-15(27-13)22(24)25/h1-9H/b19-9+. The van der Waals surface area contributed by atoms with E-state index in [1.165, 1.54) is 36.7 Å². The maximum atomic E-state index is 13.5. The molecular formula is C17H9FN4O5S. The summed E-state index contributed by atoms with van der Waals surface area (Å²) in [6.45, 7) is 0. The smallest absolute Gasteiger partial charge is 0.433 e. The zero-order valence-corrected chi connectivity index (χ0v) is 14.6. The first-order valence-electron chi connectivity index (χ1n) is 7.73. The van der Waals surface area contributed by atoms with E-state index in [1.54, 1.807) is 12.1 Å². The molecule has 4 aromatic rings. The van der Waals surface area contributed by atoms with Crippen molar-refractivity contribution in [3.8, 4) is 0 Å². The zero-order valence-electron chi connectivity index (χ0n) is 13.8. The van der Waals surface area contributed by atoms with Gasteiger partial charge >= 0.3 is 11.8 Å². The summed E-state index contributed by atoms with van der Waals surface area (Å²) in [4.78, 5) is 27.2. The van der Waals surface area contributed by atoms with Gasteiger partial charge in [0.15, 0.2) is 0 Å². The molecule has 0 fully saturated rings. The predicted octanol–water partition coefficient (Wildman–Crippen LogP) is 4.21. The van der Waals surface area contributed by atoms with Gasteiger partial charge in [-0.25, -0.2) is 9.37 Å². The van der Waals surface area contributed by atoms with Gasteiger partial charge in [0.1, 0.15) is 16.5 Å². The first-order valence-corrected chi connectivity index (χ1v) is 8.55. The molecule has 0 N–H and O–H groups in total. The van der Waals surface area contributed by atoms with Crippen LogP contribution < -0.4 is 5.01 Å². The number of amides is 1. The van der Waals surface area contributed by atoms with E-state index >= 15 is 0 Å². The number of aromatic nitrogens is 1. The van der Waals surface area contributed by atoms with Crippen LogP contribution in [-0.2, 0) is 0 Å². The SMILES string of the molecule is O=C(c1ccc([N+](=O)[O-])o1)N(/N=C/c1ccco1)c1nc2ccc(F)cc2s1. The van der Waals surface area contributed by atoms with E-state index in [0.29, 0.717) is 16.0 Å². The fourth-order valence-electron chi connectivity index (χ4n) is 2.29. The predicted molar refractivity (Wildman–Crippen MR) is 98.1 cm³/mol. The second kappa shape index (κ2) is 7.04. The van der Waals surface area contributed by atoms with Crippen molar-refractivity contribution in [3.05, 3.63) is 76.2 Å². The minimum absolute atomic E-state index is 0.132. The highest BCUT2D eigenvalue weighted by Gasteiger charge is 2.26. The number of hydrogen-bond acceptors (Lipinski definition) is 8. The molecule has 3 aromatic heterocycles. The van der Waals surface area contributed by atoms with Crippen LogP contribution >= 0.6 is 11.3 Å². The summed E-state index contributed by atoms with van der Waals surface area (Å²) in [5, 5.41) is 15.9. The van der Waals surface area contributed by atoms with Crippen molar-refractivity contribution >= 4 is 44.7 Å². The number of carbonyl (C=O) groups is 1. The van der Waals surface area contributed by atoms with Crippen molar-refractivity contribution in [1.29, 1.82) is 0 Å².